The fourth-order valence-electron chi connectivity index (χ4n) is 3.29. The summed E-state index contributed by atoms with van der Waals surface area (Å²) in [5, 5.41) is 0. The summed E-state index contributed by atoms with van der Waals surface area (Å²) in [6, 6.07) is 5.41. The number of hydrogen-bond acceptors (Lipinski definition) is 1. The predicted octanol–water partition coefficient (Wildman–Crippen LogP) is 4.20. The first kappa shape index (κ1) is 13.0. The van der Waals surface area contributed by atoms with Gasteiger partial charge >= 0.3 is 0 Å². The van der Waals surface area contributed by atoms with Crippen LogP contribution in [0, 0.1) is 17.7 Å². The molecule has 0 bridgehead atoms. The molecule has 1 aliphatic carbocycles. The van der Waals surface area contributed by atoms with Crippen LogP contribution in [0.15, 0.2) is 22.7 Å². The van der Waals surface area contributed by atoms with Gasteiger partial charge in [0.05, 0.1) is 4.47 Å². The molecular weight excluding hydrogens is 281 g/mol. The second-order valence-corrected chi connectivity index (χ2v) is 6.47. The Morgan fingerprint density at radius 3 is 2.47 bits per heavy atom. The minimum atomic E-state index is -0.509. The van der Waals surface area contributed by atoms with Crippen molar-refractivity contribution in [3.8, 4) is 0 Å². The zero-order chi connectivity index (χ0) is 12.6. The molecule has 2 unspecified atom stereocenters. The molecule has 1 fully saturated rings. The minimum Gasteiger partial charge on any atom is -0.321 e. The van der Waals surface area contributed by atoms with Crippen LogP contribution in [0.25, 0.3) is 0 Å². The van der Waals surface area contributed by atoms with Crippen molar-refractivity contribution < 1.29 is 4.39 Å². The summed E-state index contributed by atoms with van der Waals surface area (Å²) in [4.78, 5) is 0. The molecule has 2 atom stereocenters. The van der Waals surface area contributed by atoms with Crippen molar-refractivity contribution in [1.29, 1.82) is 0 Å². The highest BCUT2D eigenvalue weighted by atomic mass is 79.9. The first-order valence-electron chi connectivity index (χ1n) is 6.16. The van der Waals surface area contributed by atoms with Gasteiger partial charge in [0.25, 0.3) is 0 Å². The maximum atomic E-state index is 14.2. The first-order chi connectivity index (χ1) is 7.92. The van der Waals surface area contributed by atoms with Crippen molar-refractivity contribution in [3.05, 3.63) is 34.1 Å². The topological polar surface area (TPSA) is 26.0 Å². The summed E-state index contributed by atoms with van der Waals surface area (Å²) in [5.74, 6) is 0.917. The van der Waals surface area contributed by atoms with Crippen LogP contribution in [-0.4, -0.2) is 0 Å². The fourth-order valence-corrected chi connectivity index (χ4v) is 3.65. The van der Waals surface area contributed by atoms with Crippen molar-refractivity contribution in [3.63, 3.8) is 0 Å². The van der Waals surface area contributed by atoms with Crippen LogP contribution in [0.5, 0.6) is 0 Å². The van der Waals surface area contributed by atoms with Crippen LogP contribution < -0.4 is 5.73 Å². The zero-order valence-corrected chi connectivity index (χ0v) is 11.9. The van der Waals surface area contributed by atoms with E-state index in [1.165, 1.54) is 6.42 Å². The Bertz CT molecular complexity index is 409. The van der Waals surface area contributed by atoms with E-state index in [0.29, 0.717) is 21.9 Å². The maximum absolute atomic E-state index is 14.2. The Hall–Kier alpha value is -0.410. The number of nitrogens with two attached hydrogens (primary N) is 1. The monoisotopic (exact) mass is 299 g/mol. The molecule has 0 spiro atoms. The molecule has 0 aromatic heterocycles. The zero-order valence-electron chi connectivity index (χ0n) is 10.3. The number of halogens is 2. The molecular formula is C14H19BrFN. The largest absolute Gasteiger partial charge is 0.321 e. The lowest BCUT2D eigenvalue weighted by atomic mass is 9.69. The van der Waals surface area contributed by atoms with Gasteiger partial charge in [-0.1, -0.05) is 26.0 Å². The summed E-state index contributed by atoms with van der Waals surface area (Å²) in [5.41, 5.74) is 6.62. The summed E-state index contributed by atoms with van der Waals surface area (Å²) in [7, 11) is 0. The van der Waals surface area contributed by atoms with Gasteiger partial charge in [0.15, 0.2) is 0 Å². The average Bonchev–Trinajstić information content (AvgIpc) is 2.19. The SMILES string of the molecule is CC1CC(C)CC(N)(c2cccc(Br)c2F)C1. The minimum absolute atomic E-state index is 0.198. The smallest absolute Gasteiger partial charge is 0.142 e. The molecule has 1 aromatic carbocycles. The van der Waals surface area contributed by atoms with E-state index in [1.807, 2.05) is 12.1 Å². The van der Waals surface area contributed by atoms with Crippen LogP contribution in [-0.2, 0) is 5.54 Å². The van der Waals surface area contributed by atoms with Gasteiger partial charge < -0.3 is 5.73 Å². The van der Waals surface area contributed by atoms with Gasteiger partial charge in [-0.05, 0) is 53.1 Å². The highest BCUT2D eigenvalue weighted by molar-refractivity contribution is 9.10. The molecule has 2 rings (SSSR count). The van der Waals surface area contributed by atoms with E-state index in [0.717, 1.165) is 12.8 Å². The van der Waals surface area contributed by atoms with Gasteiger partial charge in [0.1, 0.15) is 5.82 Å². The Morgan fingerprint density at radius 2 is 1.88 bits per heavy atom. The molecule has 2 N–H and O–H groups in total. The van der Waals surface area contributed by atoms with E-state index in [9.17, 15) is 4.39 Å². The van der Waals surface area contributed by atoms with Gasteiger partial charge in [-0.2, -0.15) is 0 Å². The van der Waals surface area contributed by atoms with Gasteiger partial charge in [-0.3, -0.25) is 0 Å². The molecule has 1 aromatic rings. The maximum Gasteiger partial charge on any atom is 0.142 e. The van der Waals surface area contributed by atoms with Crippen molar-refractivity contribution in [2.75, 3.05) is 0 Å². The molecule has 94 valence electrons. The summed E-state index contributed by atoms with van der Waals surface area (Å²) < 4.78 is 14.7. The van der Waals surface area contributed by atoms with Crippen molar-refractivity contribution >= 4 is 15.9 Å². The van der Waals surface area contributed by atoms with E-state index >= 15 is 0 Å². The van der Waals surface area contributed by atoms with Gasteiger partial charge in [0, 0.05) is 11.1 Å². The van der Waals surface area contributed by atoms with E-state index in [2.05, 4.69) is 29.8 Å². The molecule has 0 radical (unpaired) electrons. The highest BCUT2D eigenvalue weighted by Gasteiger charge is 2.37. The lowest BCUT2D eigenvalue weighted by Gasteiger charge is -2.40. The lowest BCUT2D eigenvalue weighted by molar-refractivity contribution is 0.179. The third-order valence-electron chi connectivity index (χ3n) is 3.72. The van der Waals surface area contributed by atoms with Gasteiger partial charge in [-0.15, -0.1) is 0 Å². The standard InChI is InChI=1S/C14H19BrFN/c1-9-6-10(2)8-14(17,7-9)11-4-3-5-12(15)13(11)16/h3-5,9-10H,6-8,17H2,1-2H3. The summed E-state index contributed by atoms with van der Waals surface area (Å²) >= 11 is 3.24. The summed E-state index contributed by atoms with van der Waals surface area (Å²) in [6.45, 7) is 4.40. The van der Waals surface area contributed by atoms with Crippen LogP contribution in [0.1, 0.15) is 38.7 Å². The number of benzene rings is 1. The average molecular weight is 300 g/mol. The molecule has 1 nitrogen and oxygen atoms in total. The van der Waals surface area contributed by atoms with E-state index < -0.39 is 5.54 Å². The highest BCUT2D eigenvalue weighted by Crippen LogP contribution is 2.42. The molecule has 1 aliphatic rings. The third kappa shape index (κ3) is 2.55. The Kier molecular flexibility index (Phi) is 3.60. The Morgan fingerprint density at radius 1 is 1.29 bits per heavy atom. The summed E-state index contributed by atoms with van der Waals surface area (Å²) in [6.07, 6.45) is 2.92. The lowest BCUT2D eigenvalue weighted by Crippen LogP contribution is -2.44. The molecule has 17 heavy (non-hydrogen) atoms. The second-order valence-electron chi connectivity index (χ2n) is 5.61. The fraction of sp³-hybridized carbons (Fsp3) is 0.571. The first-order valence-corrected chi connectivity index (χ1v) is 6.95. The Labute approximate surface area is 111 Å². The van der Waals surface area contributed by atoms with Crippen LogP contribution in [0.4, 0.5) is 4.39 Å². The third-order valence-corrected chi connectivity index (χ3v) is 4.33. The molecule has 3 heteroatoms. The van der Waals surface area contributed by atoms with Gasteiger partial charge in [-0.25, -0.2) is 4.39 Å². The number of hydrogen-bond donors (Lipinski definition) is 1. The quantitative estimate of drug-likeness (QED) is 0.826. The van der Waals surface area contributed by atoms with Crippen molar-refractivity contribution in [2.24, 2.45) is 17.6 Å². The Balaban J connectivity index is 2.40. The van der Waals surface area contributed by atoms with E-state index in [4.69, 9.17) is 5.73 Å². The molecule has 1 saturated carbocycles. The number of rotatable bonds is 1. The molecule has 0 aliphatic heterocycles. The molecule has 0 saturated heterocycles. The van der Waals surface area contributed by atoms with Gasteiger partial charge in [0.2, 0.25) is 0 Å². The van der Waals surface area contributed by atoms with Crippen LogP contribution >= 0.6 is 15.9 Å². The van der Waals surface area contributed by atoms with E-state index in [1.54, 1.807) is 6.07 Å². The normalized spacial score (nSPS) is 33.7. The van der Waals surface area contributed by atoms with Crippen LogP contribution in [0.3, 0.4) is 0 Å². The van der Waals surface area contributed by atoms with Crippen molar-refractivity contribution in [2.45, 2.75) is 38.6 Å². The second kappa shape index (κ2) is 4.69. The predicted molar refractivity (Wildman–Crippen MR) is 72.1 cm³/mol. The van der Waals surface area contributed by atoms with E-state index in [-0.39, 0.29) is 5.82 Å². The molecule has 0 amide bonds. The van der Waals surface area contributed by atoms with Crippen molar-refractivity contribution in [1.82, 2.24) is 0 Å². The molecule has 0 heterocycles. The van der Waals surface area contributed by atoms with Crippen LogP contribution in [0.2, 0.25) is 0 Å².